The van der Waals surface area contributed by atoms with Crippen LogP contribution in [-0.2, 0) is 4.74 Å². The molecule has 1 heterocycles. The van der Waals surface area contributed by atoms with E-state index in [0.717, 1.165) is 29.4 Å². The first-order valence-corrected chi connectivity index (χ1v) is 10.6. The molecule has 1 aromatic carbocycles. The zero-order valence-corrected chi connectivity index (χ0v) is 16.9. The molecule has 0 aliphatic carbocycles. The number of hydrogen-bond donors (Lipinski definition) is 0. The van der Waals surface area contributed by atoms with E-state index in [1.807, 2.05) is 13.0 Å². The van der Waals surface area contributed by atoms with E-state index >= 15 is 0 Å². The monoisotopic (exact) mass is 408 g/mol. The van der Waals surface area contributed by atoms with E-state index in [2.05, 4.69) is 44.9 Å². The second kappa shape index (κ2) is 7.02. The van der Waals surface area contributed by atoms with Crippen LogP contribution in [0.3, 0.4) is 0 Å². The molecule has 0 amide bonds. The minimum absolute atomic E-state index is 0.380. The van der Waals surface area contributed by atoms with Gasteiger partial charge in [0.2, 0.25) is 0 Å². The number of aromatic nitrogens is 2. The molecule has 0 saturated heterocycles. The van der Waals surface area contributed by atoms with Crippen LogP contribution in [0.1, 0.15) is 46.2 Å². The molecular formula is C17H24N2O2Sn. The molecule has 0 N–H and O–H groups in total. The summed E-state index contributed by atoms with van der Waals surface area (Å²) in [5, 5.41) is 5.43. The normalized spacial score (nSPS) is 11.9. The van der Waals surface area contributed by atoms with Gasteiger partial charge in [-0.1, -0.05) is 0 Å². The molecule has 0 unspecified atom stereocenters. The fourth-order valence-electron chi connectivity index (χ4n) is 2.28. The van der Waals surface area contributed by atoms with Gasteiger partial charge in [0, 0.05) is 0 Å². The fourth-order valence-corrected chi connectivity index (χ4v) is 5.85. The molecule has 0 spiro atoms. The van der Waals surface area contributed by atoms with Gasteiger partial charge in [0.1, 0.15) is 0 Å². The average molecular weight is 407 g/mol. The Morgan fingerprint density at radius 1 is 1.36 bits per heavy atom. The van der Waals surface area contributed by atoms with Crippen LogP contribution in [0.25, 0.3) is 10.9 Å². The second-order valence-electron chi connectivity index (χ2n) is 6.57. The zero-order chi connectivity index (χ0) is 16.3. The van der Waals surface area contributed by atoms with E-state index in [1.54, 1.807) is 0 Å². The topological polar surface area (TPSA) is 44.1 Å². The number of carbonyl (C=O) groups excluding carboxylic acids is 1. The van der Waals surface area contributed by atoms with Crippen molar-refractivity contribution in [3.63, 3.8) is 0 Å². The van der Waals surface area contributed by atoms with Gasteiger partial charge < -0.3 is 0 Å². The van der Waals surface area contributed by atoms with Crippen LogP contribution < -0.4 is 3.58 Å². The van der Waals surface area contributed by atoms with Gasteiger partial charge in [0.05, 0.1) is 0 Å². The number of ether oxygens (including phenoxy) is 1. The summed E-state index contributed by atoms with van der Waals surface area (Å²) in [5.41, 5.74) is 1.73. The molecule has 1 aromatic heterocycles. The van der Waals surface area contributed by atoms with E-state index in [9.17, 15) is 4.79 Å². The maximum atomic E-state index is 12.1. The van der Waals surface area contributed by atoms with Gasteiger partial charge >= 0.3 is 142 Å². The Morgan fingerprint density at radius 3 is 2.73 bits per heavy atom. The van der Waals surface area contributed by atoms with Crippen molar-refractivity contribution < 1.29 is 9.53 Å². The van der Waals surface area contributed by atoms with Gasteiger partial charge in [-0.25, -0.2) is 0 Å². The Kier molecular flexibility index (Phi) is 5.53. The van der Waals surface area contributed by atoms with E-state index in [0.29, 0.717) is 10.0 Å². The van der Waals surface area contributed by atoms with Crippen molar-refractivity contribution in [1.82, 2.24) is 9.78 Å². The van der Waals surface area contributed by atoms with Crippen molar-refractivity contribution in [3.8, 4) is 0 Å². The summed E-state index contributed by atoms with van der Waals surface area (Å²) < 4.78 is 8.51. The van der Waals surface area contributed by atoms with Crippen molar-refractivity contribution in [2.24, 2.45) is 0 Å². The summed E-state index contributed by atoms with van der Waals surface area (Å²) in [5.74, 6) is 0. The SMILES string of the molecule is CCCCOC(=O)n1nc(C)c2c[c]([Sn][C](C)(C)C)ccc21. The standard InChI is InChI=1S/C13H15N2O2.C4H9.Sn/c1-3-4-9-17-13(16)15-12-8-6-5-7-11(12)10(2)14-15;1-4(2)3;/h6-8H,3-4,9H2,1-2H3;1-3H3;. The number of carbonyl (C=O) groups is 1. The number of nitrogens with zero attached hydrogens (tertiary/aromatic N) is 2. The molecule has 22 heavy (non-hydrogen) atoms. The molecule has 0 fully saturated rings. The molecule has 0 atom stereocenters. The van der Waals surface area contributed by atoms with Gasteiger partial charge in [-0.05, 0) is 0 Å². The van der Waals surface area contributed by atoms with Gasteiger partial charge in [-0.2, -0.15) is 0 Å². The van der Waals surface area contributed by atoms with Gasteiger partial charge in [-0.15, -0.1) is 0 Å². The summed E-state index contributed by atoms with van der Waals surface area (Å²) in [6, 6.07) is 6.37. The Morgan fingerprint density at radius 2 is 2.09 bits per heavy atom. The maximum absolute atomic E-state index is 12.1. The molecule has 0 aliphatic heterocycles. The van der Waals surface area contributed by atoms with Crippen LogP contribution in [0.4, 0.5) is 4.79 Å². The van der Waals surface area contributed by atoms with Crippen molar-refractivity contribution in [1.29, 1.82) is 0 Å². The molecule has 4 nitrogen and oxygen atoms in total. The Hall–Kier alpha value is -1.04. The van der Waals surface area contributed by atoms with E-state index < -0.39 is 21.1 Å². The second-order valence-corrected chi connectivity index (χ2v) is 13.2. The van der Waals surface area contributed by atoms with E-state index in [-0.39, 0.29) is 6.09 Å². The Balaban J connectivity index is 2.29. The molecule has 0 aliphatic rings. The molecule has 0 saturated carbocycles. The van der Waals surface area contributed by atoms with Crippen molar-refractivity contribution in [3.05, 3.63) is 23.9 Å². The van der Waals surface area contributed by atoms with Crippen LogP contribution in [0, 0.1) is 6.92 Å². The first-order chi connectivity index (χ1) is 10.3. The van der Waals surface area contributed by atoms with Gasteiger partial charge in [0.15, 0.2) is 0 Å². The molecule has 2 radical (unpaired) electrons. The summed E-state index contributed by atoms with van der Waals surface area (Å²) in [4.78, 5) is 12.1. The number of benzene rings is 1. The van der Waals surface area contributed by atoms with Gasteiger partial charge in [-0.3, -0.25) is 0 Å². The predicted octanol–water partition coefficient (Wildman–Crippen LogP) is 3.68. The Bertz CT molecular complexity index is 671. The van der Waals surface area contributed by atoms with Crippen molar-refractivity contribution >= 4 is 41.7 Å². The van der Waals surface area contributed by atoms with Crippen LogP contribution in [0.5, 0.6) is 0 Å². The van der Waals surface area contributed by atoms with Crippen LogP contribution in [-0.4, -0.2) is 43.6 Å². The predicted molar refractivity (Wildman–Crippen MR) is 91.2 cm³/mol. The molecule has 5 heteroatoms. The first kappa shape index (κ1) is 17.3. The summed E-state index contributed by atoms with van der Waals surface area (Å²) in [6.07, 6.45) is 1.51. The molecule has 2 aromatic rings. The van der Waals surface area contributed by atoms with E-state index in [4.69, 9.17) is 4.74 Å². The number of unbranched alkanes of at least 4 members (excludes halogenated alkanes) is 1. The van der Waals surface area contributed by atoms with Crippen LogP contribution in [0.15, 0.2) is 18.2 Å². The van der Waals surface area contributed by atoms with Crippen LogP contribution in [0.2, 0.25) is 3.43 Å². The minimum atomic E-state index is -0.660. The van der Waals surface area contributed by atoms with E-state index in [1.165, 1.54) is 8.26 Å². The summed E-state index contributed by atoms with van der Waals surface area (Å²) in [7, 11) is 0. The molecule has 118 valence electrons. The van der Waals surface area contributed by atoms with Gasteiger partial charge in [0.25, 0.3) is 0 Å². The zero-order valence-electron chi connectivity index (χ0n) is 14.1. The third-order valence-electron chi connectivity index (χ3n) is 3.28. The fraction of sp³-hybridized carbons (Fsp3) is 0.529. The first-order valence-electron chi connectivity index (χ1n) is 7.76. The molecule has 2 rings (SSSR count). The van der Waals surface area contributed by atoms with Crippen molar-refractivity contribution in [2.75, 3.05) is 6.61 Å². The average Bonchev–Trinajstić information content (AvgIpc) is 2.74. The number of hydrogen-bond acceptors (Lipinski definition) is 3. The van der Waals surface area contributed by atoms with Crippen LogP contribution >= 0.6 is 0 Å². The summed E-state index contributed by atoms with van der Waals surface area (Å²) >= 11 is -0.660. The number of rotatable bonds is 4. The molecule has 0 bridgehead atoms. The summed E-state index contributed by atoms with van der Waals surface area (Å²) in [6.45, 7) is 11.4. The van der Waals surface area contributed by atoms with Crippen molar-refractivity contribution in [2.45, 2.75) is 50.9 Å². The third kappa shape index (κ3) is 4.24. The molecular weight excluding hydrogens is 383 g/mol. The number of fused-ring (bicyclic) bond motifs is 1. The third-order valence-corrected chi connectivity index (χ3v) is 7.13. The quantitative estimate of drug-likeness (QED) is 0.574. The number of aryl methyl sites for hydroxylation is 1. The Labute approximate surface area is 142 Å².